The van der Waals surface area contributed by atoms with Crippen LogP contribution in [-0.4, -0.2) is 39.7 Å². The van der Waals surface area contributed by atoms with Gasteiger partial charge in [0.15, 0.2) is 6.04 Å². The van der Waals surface area contributed by atoms with Crippen LogP contribution in [0, 0.1) is 0 Å². The van der Waals surface area contributed by atoms with E-state index in [2.05, 4.69) is 19.9 Å². The first-order valence-corrected chi connectivity index (χ1v) is 6.21. The Bertz CT molecular complexity index is 720. The van der Waals surface area contributed by atoms with Crippen molar-refractivity contribution in [1.29, 1.82) is 0 Å². The zero-order chi connectivity index (χ0) is 16.2. The van der Waals surface area contributed by atoms with E-state index in [-0.39, 0.29) is 11.9 Å². The van der Waals surface area contributed by atoms with Gasteiger partial charge in [-0.05, 0) is 6.07 Å². The minimum atomic E-state index is -4.60. The molecule has 116 valence electrons. The number of hydrogen-bond donors (Lipinski definition) is 2. The Morgan fingerprint density at radius 2 is 2.23 bits per heavy atom. The predicted octanol–water partition coefficient (Wildman–Crippen LogP) is 1.85. The number of carbonyl (C=O) groups excluding carboxylic acids is 1. The van der Waals surface area contributed by atoms with E-state index >= 15 is 0 Å². The number of aromatic nitrogens is 3. The van der Waals surface area contributed by atoms with Gasteiger partial charge < -0.3 is 15.5 Å². The highest BCUT2D eigenvalue weighted by Gasteiger charge is 2.38. The van der Waals surface area contributed by atoms with Gasteiger partial charge in [0, 0.05) is 36.0 Å². The molecular weight excluding hydrogens is 299 g/mol. The zero-order valence-electron chi connectivity index (χ0n) is 11.2. The van der Waals surface area contributed by atoms with Crippen molar-refractivity contribution in [2.45, 2.75) is 18.6 Å². The van der Waals surface area contributed by atoms with Gasteiger partial charge in [0.05, 0.1) is 5.69 Å². The van der Waals surface area contributed by atoms with Gasteiger partial charge in [-0.15, -0.1) is 0 Å². The normalized spacial score (nSPS) is 14.6. The lowest BCUT2D eigenvalue weighted by molar-refractivity contribution is -0.150. The maximum atomic E-state index is 12.7. The number of aldehydes is 1. The number of aromatic amines is 1. The number of alkyl halides is 3. The first-order valence-electron chi connectivity index (χ1n) is 6.21. The summed E-state index contributed by atoms with van der Waals surface area (Å²) in [6.45, 7) is 0. The van der Waals surface area contributed by atoms with E-state index < -0.39 is 18.6 Å². The van der Waals surface area contributed by atoms with Crippen LogP contribution in [-0.2, 0) is 4.79 Å². The number of H-pyrrole nitrogens is 1. The van der Waals surface area contributed by atoms with Crippen LogP contribution in [0.1, 0.15) is 12.1 Å². The Labute approximate surface area is 123 Å². The fourth-order valence-corrected chi connectivity index (χ4v) is 1.83. The van der Waals surface area contributed by atoms with E-state index in [0.717, 1.165) is 12.4 Å². The number of nitrogens with one attached hydrogen (secondary N) is 1. The van der Waals surface area contributed by atoms with Gasteiger partial charge in [0.1, 0.15) is 18.3 Å². The fourth-order valence-electron chi connectivity index (χ4n) is 1.83. The molecule has 0 aromatic carbocycles. The Morgan fingerprint density at radius 1 is 1.45 bits per heavy atom. The first-order chi connectivity index (χ1) is 10.5. The molecule has 0 aliphatic carbocycles. The largest absolute Gasteiger partial charge is 0.411 e. The first kappa shape index (κ1) is 15.7. The van der Waals surface area contributed by atoms with Gasteiger partial charge in [0.25, 0.3) is 0 Å². The van der Waals surface area contributed by atoms with E-state index in [9.17, 15) is 18.0 Å². The topological polar surface area (TPSA) is 97.0 Å². The van der Waals surface area contributed by atoms with Crippen molar-refractivity contribution >= 4 is 29.1 Å². The lowest BCUT2D eigenvalue weighted by atomic mass is 10.1. The number of fused-ring (bicyclic) bond motifs is 1. The smallest absolute Gasteiger partial charge is 0.404 e. The number of nitrogens with two attached hydrogens (primary N) is 1. The molecule has 22 heavy (non-hydrogen) atoms. The van der Waals surface area contributed by atoms with Crippen molar-refractivity contribution in [2.75, 3.05) is 0 Å². The third-order valence-electron chi connectivity index (χ3n) is 2.90. The number of halogens is 3. The minimum Gasteiger partial charge on any atom is -0.404 e. The summed E-state index contributed by atoms with van der Waals surface area (Å²) in [5.41, 5.74) is 6.54. The number of rotatable bonds is 5. The van der Waals surface area contributed by atoms with Crippen LogP contribution in [0.5, 0.6) is 0 Å². The summed E-state index contributed by atoms with van der Waals surface area (Å²) in [5.74, 6) is 0. The Balaban J connectivity index is 2.35. The Kier molecular flexibility index (Phi) is 4.54. The van der Waals surface area contributed by atoms with Crippen molar-refractivity contribution in [1.82, 2.24) is 15.0 Å². The quantitative estimate of drug-likeness (QED) is 0.650. The molecule has 3 N–H and O–H groups in total. The summed E-state index contributed by atoms with van der Waals surface area (Å²) in [6, 6.07) is -0.433. The van der Waals surface area contributed by atoms with Crippen LogP contribution < -0.4 is 5.73 Å². The molecule has 1 atom stereocenters. The summed E-state index contributed by atoms with van der Waals surface area (Å²) < 4.78 is 38.1. The van der Waals surface area contributed by atoms with Crippen molar-refractivity contribution in [2.24, 2.45) is 10.7 Å². The van der Waals surface area contributed by atoms with E-state index in [1.165, 1.54) is 6.33 Å². The molecule has 0 saturated carbocycles. The second-order valence-corrected chi connectivity index (χ2v) is 4.32. The van der Waals surface area contributed by atoms with Gasteiger partial charge in [-0.2, -0.15) is 13.2 Å². The van der Waals surface area contributed by atoms with Crippen molar-refractivity contribution in [3.63, 3.8) is 0 Å². The number of nitrogens with zero attached hydrogens (tertiary/aromatic N) is 3. The molecule has 0 unspecified atom stereocenters. The second kappa shape index (κ2) is 6.37. The number of hydrogen-bond acceptors (Lipinski definition) is 5. The van der Waals surface area contributed by atoms with Gasteiger partial charge >= 0.3 is 6.18 Å². The maximum Gasteiger partial charge on any atom is 0.411 e. The number of carbonyl (C=O) groups is 1. The molecule has 0 fully saturated rings. The third kappa shape index (κ3) is 3.30. The standard InChI is InChI=1S/C13H12F3N5O/c14-13(15,16)10(2-4-22)19-6-8(5-17)11-9-1-3-18-12(9)21-7-20-11/h1,3-7,10H,2,17H2,(H,18,20,21)/t10-/m1/s1. The Hall–Kier alpha value is -2.71. The van der Waals surface area contributed by atoms with Crippen LogP contribution >= 0.6 is 0 Å². The predicted molar refractivity (Wildman–Crippen MR) is 75.1 cm³/mol. The summed E-state index contributed by atoms with van der Waals surface area (Å²) in [5, 5.41) is 0.601. The highest BCUT2D eigenvalue weighted by atomic mass is 19.4. The maximum absolute atomic E-state index is 12.7. The van der Waals surface area contributed by atoms with Gasteiger partial charge in [-0.1, -0.05) is 0 Å². The lowest BCUT2D eigenvalue weighted by Crippen LogP contribution is -2.27. The minimum absolute atomic E-state index is 0.177. The molecule has 0 amide bonds. The summed E-state index contributed by atoms with van der Waals surface area (Å²) in [6.07, 6.45) is -0.218. The van der Waals surface area contributed by atoms with Gasteiger partial charge in [0.2, 0.25) is 0 Å². The second-order valence-electron chi connectivity index (χ2n) is 4.32. The molecule has 0 aliphatic heterocycles. The SMILES string of the molecule is NC=C(C=N[C@H](CC=O)C(F)(F)F)c1ncnc2[nH]ccc12. The van der Waals surface area contributed by atoms with Gasteiger partial charge in [-0.3, -0.25) is 4.99 Å². The summed E-state index contributed by atoms with van der Waals surface area (Å²) >= 11 is 0. The van der Waals surface area contributed by atoms with Gasteiger partial charge in [-0.25, -0.2) is 9.97 Å². The average molecular weight is 311 g/mol. The van der Waals surface area contributed by atoms with Crippen molar-refractivity contribution in [3.8, 4) is 0 Å². The Morgan fingerprint density at radius 3 is 2.86 bits per heavy atom. The van der Waals surface area contributed by atoms with Crippen LogP contribution in [0.3, 0.4) is 0 Å². The van der Waals surface area contributed by atoms with Crippen LogP contribution in [0.4, 0.5) is 13.2 Å². The fraction of sp³-hybridized carbons (Fsp3) is 0.231. The molecule has 9 heteroatoms. The molecule has 2 rings (SSSR count). The van der Waals surface area contributed by atoms with E-state index in [1.54, 1.807) is 12.3 Å². The molecule has 2 aromatic rings. The molecule has 0 aliphatic rings. The highest BCUT2D eigenvalue weighted by molar-refractivity contribution is 6.13. The molecule has 2 aromatic heterocycles. The molecule has 0 radical (unpaired) electrons. The molecular formula is C13H12F3N5O. The average Bonchev–Trinajstić information content (AvgIpc) is 2.94. The van der Waals surface area contributed by atoms with E-state index in [4.69, 9.17) is 5.73 Å². The monoisotopic (exact) mass is 311 g/mol. The number of aliphatic imine (C=N–C) groups is 1. The number of allylic oxidation sites excluding steroid dienone is 1. The van der Waals surface area contributed by atoms with Crippen LogP contribution in [0.2, 0.25) is 0 Å². The zero-order valence-corrected chi connectivity index (χ0v) is 11.2. The van der Waals surface area contributed by atoms with E-state index in [0.29, 0.717) is 16.7 Å². The molecule has 2 heterocycles. The third-order valence-corrected chi connectivity index (χ3v) is 2.90. The van der Waals surface area contributed by atoms with Crippen molar-refractivity contribution < 1.29 is 18.0 Å². The summed E-state index contributed by atoms with van der Waals surface area (Å²) in [7, 11) is 0. The van der Waals surface area contributed by atoms with E-state index in [1.807, 2.05) is 0 Å². The van der Waals surface area contributed by atoms with Crippen molar-refractivity contribution in [3.05, 3.63) is 30.5 Å². The van der Waals surface area contributed by atoms with Crippen LogP contribution in [0.15, 0.2) is 29.8 Å². The lowest BCUT2D eigenvalue weighted by Gasteiger charge is -2.13. The molecule has 0 saturated heterocycles. The molecule has 0 bridgehead atoms. The highest BCUT2D eigenvalue weighted by Crippen LogP contribution is 2.25. The molecule has 6 nitrogen and oxygen atoms in total. The van der Waals surface area contributed by atoms with Crippen LogP contribution in [0.25, 0.3) is 16.6 Å². The molecule has 0 spiro atoms. The summed E-state index contributed by atoms with van der Waals surface area (Å²) in [4.78, 5) is 24.6.